The fraction of sp³-hybridized carbons (Fsp3) is 0.750. The van der Waals surface area contributed by atoms with Crippen molar-refractivity contribution in [3.8, 4) is 0 Å². The number of hydrogen-bond acceptors (Lipinski definition) is 9. The lowest BCUT2D eigenvalue weighted by Crippen LogP contribution is -2.58. The van der Waals surface area contributed by atoms with Crippen molar-refractivity contribution in [1.29, 1.82) is 0 Å². The average molecular weight is 408 g/mol. The Bertz CT molecular complexity index is 481. The zero-order chi connectivity index (χ0) is 20.4. The summed E-state index contributed by atoms with van der Waals surface area (Å²) in [6.45, 7) is 5.11. The second kappa shape index (κ2) is 12.2. The van der Waals surface area contributed by atoms with Gasteiger partial charge in [-0.2, -0.15) is 0 Å². The van der Waals surface area contributed by atoms with Gasteiger partial charge in [-0.15, -0.1) is 9.24 Å². The predicted molar refractivity (Wildman–Crippen MR) is 95.4 cm³/mol. The topological polar surface area (TPSA) is 130 Å². The van der Waals surface area contributed by atoms with E-state index in [0.29, 0.717) is 6.29 Å². The molecule has 8 atom stereocenters. The summed E-state index contributed by atoms with van der Waals surface area (Å²) in [4.78, 5) is 33.2. The van der Waals surface area contributed by atoms with Gasteiger partial charge in [-0.1, -0.05) is 0 Å². The van der Waals surface area contributed by atoms with Gasteiger partial charge in [-0.05, 0) is 0 Å². The van der Waals surface area contributed by atoms with Crippen molar-refractivity contribution in [3.63, 3.8) is 0 Å². The Morgan fingerprint density at radius 3 is 2.67 bits per heavy atom. The molecule has 0 aliphatic carbocycles. The number of ether oxygens (including phenoxy) is 5. The standard InChI is InChI=1S/C16H26NO9P/c1-9-15(17-10(2)21)12(4-11(5-18)24-9)25-14(7-27)26-16(23-8-20)13(6-19)22-3/h6,8-9,11-16,18H,1,4-5,7,27H2,2-3H3/p+1/t9-,11?,12?,13?,14+,15?,16?/m0/s1. The van der Waals surface area contributed by atoms with Crippen LogP contribution in [-0.2, 0) is 38.1 Å². The van der Waals surface area contributed by atoms with Crippen molar-refractivity contribution in [2.24, 2.45) is 0 Å². The molecule has 1 amide bonds. The van der Waals surface area contributed by atoms with Crippen LogP contribution in [0.2, 0.25) is 0 Å². The summed E-state index contributed by atoms with van der Waals surface area (Å²) in [5.41, 5.74) is 0. The van der Waals surface area contributed by atoms with Gasteiger partial charge in [-0.3, -0.25) is 9.59 Å². The molecule has 0 aromatic carbocycles. The monoisotopic (exact) mass is 408 g/mol. The van der Waals surface area contributed by atoms with E-state index in [4.69, 9.17) is 23.7 Å². The molecule has 11 heteroatoms. The third kappa shape index (κ3) is 7.33. The van der Waals surface area contributed by atoms with E-state index >= 15 is 0 Å². The van der Waals surface area contributed by atoms with Crippen LogP contribution >= 0.6 is 9.24 Å². The first-order valence-corrected chi connectivity index (χ1v) is 9.16. The Morgan fingerprint density at radius 2 is 2.19 bits per heavy atom. The van der Waals surface area contributed by atoms with Gasteiger partial charge in [0.2, 0.25) is 18.3 Å². The molecule has 10 nitrogen and oxygen atoms in total. The van der Waals surface area contributed by atoms with Crippen LogP contribution in [0.5, 0.6) is 0 Å². The van der Waals surface area contributed by atoms with Crippen LogP contribution in [0.15, 0.2) is 0 Å². The maximum absolute atomic E-state index is 11.5. The van der Waals surface area contributed by atoms with E-state index in [9.17, 15) is 19.5 Å². The number of aldehydes is 1. The molecule has 0 aromatic rings. The van der Waals surface area contributed by atoms with Crippen LogP contribution in [0.1, 0.15) is 13.3 Å². The fourth-order valence-corrected chi connectivity index (χ4v) is 2.89. The van der Waals surface area contributed by atoms with E-state index in [1.54, 1.807) is 0 Å². The first-order valence-electron chi connectivity index (χ1n) is 8.34. The highest BCUT2D eigenvalue weighted by atomic mass is 31.0. The van der Waals surface area contributed by atoms with Crippen LogP contribution in [-0.4, -0.2) is 86.7 Å². The number of hydrogen-bond donors (Lipinski definition) is 2. The molecule has 2 N–H and O–H groups in total. The van der Waals surface area contributed by atoms with E-state index in [2.05, 4.69) is 21.5 Å². The van der Waals surface area contributed by atoms with Crippen molar-refractivity contribution < 1.29 is 43.2 Å². The first-order chi connectivity index (χ1) is 12.9. The molecule has 1 fully saturated rings. The number of methoxy groups -OCH3 is 1. The summed E-state index contributed by atoms with van der Waals surface area (Å²) in [7, 11) is 3.68. The molecule has 6 unspecified atom stereocenters. The average Bonchev–Trinajstić information content (AvgIpc) is 2.64. The molecule has 1 aliphatic rings. The molecule has 27 heavy (non-hydrogen) atoms. The molecule has 1 rings (SSSR count). The summed E-state index contributed by atoms with van der Waals surface area (Å²) in [6, 6.07) is -0.581. The predicted octanol–water partition coefficient (Wildman–Crippen LogP) is -1.21. The van der Waals surface area contributed by atoms with E-state index in [-0.39, 0.29) is 31.6 Å². The van der Waals surface area contributed by atoms with Crippen molar-refractivity contribution >= 4 is 27.9 Å². The Morgan fingerprint density at radius 1 is 1.48 bits per heavy atom. The van der Waals surface area contributed by atoms with Crippen LogP contribution in [0.25, 0.3) is 0 Å². The molecule has 1 saturated heterocycles. The minimum Gasteiger partial charge on any atom is -0.434 e. The Balaban J connectivity index is 2.89. The number of rotatable bonds is 12. The smallest absolute Gasteiger partial charge is 0.295 e. The summed E-state index contributed by atoms with van der Waals surface area (Å²) >= 11 is 0. The lowest BCUT2D eigenvalue weighted by molar-refractivity contribution is -0.272. The normalized spacial score (nSPS) is 28.6. The summed E-state index contributed by atoms with van der Waals surface area (Å²) < 4.78 is 26.7. The zero-order valence-corrected chi connectivity index (χ0v) is 16.5. The number of amides is 1. The van der Waals surface area contributed by atoms with Gasteiger partial charge in [0.05, 0.1) is 25.7 Å². The minimum atomic E-state index is -1.31. The van der Waals surface area contributed by atoms with Crippen molar-refractivity contribution in [1.82, 2.24) is 5.32 Å². The van der Waals surface area contributed by atoms with Gasteiger partial charge >= 0.3 is 0 Å². The molecule has 0 radical (unpaired) electrons. The number of carbonyl (C=O) groups is 3. The van der Waals surface area contributed by atoms with Gasteiger partial charge in [-0.25, -0.2) is 0 Å². The Labute approximate surface area is 160 Å². The molecular weight excluding hydrogens is 381 g/mol. The maximum atomic E-state index is 11.5. The molecule has 154 valence electrons. The second-order valence-corrected chi connectivity index (χ2v) is 6.33. The molecule has 1 aliphatic heterocycles. The third-order valence-corrected chi connectivity index (χ3v) is 4.29. The largest absolute Gasteiger partial charge is 0.434 e. The van der Waals surface area contributed by atoms with Crippen LogP contribution in [0, 0.1) is 6.92 Å². The van der Waals surface area contributed by atoms with Gasteiger partial charge in [0.25, 0.3) is 6.47 Å². The molecule has 0 saturated carbocycles. The fourth-order valence-electron chi connectivity index (χ4n) is 2.67. The molecule has 0 spiro atoms. The molecule has 0 aromatic heterocycles. The van der Waals surface area contributed by atoms with Crippen molar-refractivity contribution in [2.75, 3.05) is 19.9 Å². The highest BCUT2D eigenvalue weighted by molar-refractivity contribution is 7.16. The lowest BCUT2D eigenvalue weighted by atomic mass is 9.96. The van der Waals surface area contributed by atoms with Gasteiger partial charge in [0.15, 0.2) is 18.7 Å². The van der Waals surface area contributed by atoms with Crippen LogP contribution in [0.4, 0.5) is 0 Å². The van der Waals surface area contributed by atoms with Gasteiger partial charge in [0.1, 0.15) is 6.04 Å². The number of nitrogens with one attached hydrogen (secondary N) is 1. The Hall–Kier alpha value is -1.29. The molecular formula is C16H27NO9P+. The van der Waals surface area contributed by atoms with Gasteiger partial charge in [0, 0.05) is 26.6 Å². The van der Waals surface area contributed by atoms with Gasteiger partial charge < -0.3 is 38.9 Å². The summed E-state index contributed by atoms with van der Waals surface area (Å²) in [6.07, 6.45) is -4.14. The highest BCUT2D eigenvalue weighted by Gasteiger charge is 2.43. The van der Waals surface area contributed by atoms with E-state index in [1.807, 2.05) is 0 Å². The lowest BCUT2D eigenvalue weighted by Gasteiger charge is -2.39. The van der Waals surface area contributed by atoms with E-state index in [1.165, 1.54) is 14.0 Å². The first kappa shape index (κ1) is 23.7. The highest BCUT2D eigenvalue weighted by Crippen LogP contribution is 2.25. The second-order valence-electron chi connectivity index (χ2n) is 5.85. The maximum Gasteiger partial charge on any atom is 0.295 e. The molecule has 0 bridgehead atoms. The van der Waals surface area contributed by atoms with E-state index in [0.717, 1.165) is 0 Å². The quantitative estimate of drug-likeness (QED) is 0.177. The van der Waals surface area contributed by atoms with Crippen LogP contribution < -0.4 is 5.32 Å². The summed E-state index contributed by atoms with van der Waals surface area (Å²) in [5, 5.41) is 12.1. The summed E-state index contributed by atoms with van der Waals surface area (Å²) in [5.74, 6) is -0.292. The number of aliphatic hydroxyl groups excluding tert-OH is 1. The Kier molecular flexibility index (Phi) is 10.8. The van der Waals surface area contributed by atoms with E-state index < -0.39 is 43.0 Å². The molecule has 1 heterocycles. The van der Waals surface area contributed by atoms with Crippen molar-refractivity contribution in [3.05, 3.63) is 6.92 Å². The number of carbonyl (C=O) groups excluding carboxylic acids is 3. The van der Waals surface area contributed by atoms with Crippen LogP contribution in [0.3, 0.4) is 0 Å². The third-order valence-electron chi connectivity index (χ3n) is 3.91. The zero-order valence-electron chi connectivity index (χ0n) is 15.3. The van der Waals surface area contributed by atoms with Crippen molar-refractivity contribution in [2.45, 2.75) is 56.4 Å². The SMILES string of the molecule is [CH2+][C@@H]1OC(CO)CC(O[C@@H](CP)OC(OC=O)C(C=O)OC)C1NC(C)=O. The minimum absolute atomic E-state index is 0.141. The number of aliphatic hydroxyl groups is 1.